The summed E-state index contributed by atoms with van der Waals surface area (Å²) in [5.41, 5.74) is 10.0. The number of urea groups is 1. The Morgan fingerprint density at radius 1 is 1.35 bits per heavy atom. The quantitative estimate of drug-likeness (QED) is 0.443. The van der Waals surface area contributed by atoms with Crippen molar-refractivity contribution in [2.75, 3.05) is 25.4 Å². The number of amides is 2. The molecule has 5 rings (SSSR count). The van der Waals surface area contributed by atoms with Gasteiger partial charge in [0.2, 0.25) is 0 Å². The number of aromatic nitrogens is 5. The monoisotopic (exact) mass is 478 g/mol. The number of para-hydroxylation sites is 1. The maximum atomic E-state index is 12.9. The van der Waals surface area contributed by atoms with Crippen molar-refractivity contribution >= 4 is 39.9 Å². The van der Waals surface area contributed by atoms with E-state index in [1.807, 2.05) is 43.0 Å². The number of benzene rings is 1. The van der Waals surface area contributed by atoms with Gasteiger partial charge in [-0.1, -0.05) is 30.3 Å². The number of carbonyl (C=O) groups excluding carboxylic acids is 1. The molecule has 1 saturated heterocycles. The van der Waals surface area contributed by atoms with Gasteiger partial charge in [-0.05, 0) is 38.8 Å². The van der Waals surface area contributed by atoms with Crippen LogP contribution in [-0.2, 0) is 0 Å². The van der Waals surface area contributed by atoms with E-state index in [4.69, 9.17) is 22.3 Å². The molecule has 4 heterocycles. The van der Waals surface area contributed by atoms with Crippen molar-refractivity contribution in [3.63, 3.8) is 0 Å². The molecule has 4 aromatic rings. The maximum absolute atomic E-state index is 12.9. The van der Waals surface area contributed by atoms with Gasteiger partial charge in [0, 0.05) is 36.6 Å². The second-order valence-corrected chi connectivity index (χ2v) is 8.88. The van der Waals surface area contributed by atoms with Crippen molar-refractivity contribution < 1.29 is 4.79 Å². The van der Waals surface area contributed by atoms with Gasteiger partial charge in [-0.2, -0.15) is 5.10 Å². The highest BCUT2D eigenvalue weighted by molar-refractivity contribution is 6.35. The molecular formula is C24H27ClN8O. The van der Waals surface area contributed by atoms with E-state index in [2.05, 4.69) is 21.6 Å². The summed E-state index contributed by atoms with van der Waals surface area (Å²) in [4.78, 5) is 29.1. The SMILES string of the molecule is C=C1CC(c2nc(-c3cc4cccc(Cl)c4[nH]3)c3c(N)ncnn23)CCN1C(=O)N(CC)CC. The minimum absolute atomic E-state index is 0.00337. The van der Waals surface area contributed by atoms with Crippen LogP contribution >= 0.6 is 11.6 Å². The Balaban J connectivity index is 1.53. The molecule has 1 aliphatic heterocycles. The fourth-order valence-electron chi connectivity index (χ4n) is 4.73. The number of fused-ring (bicyclic) bond motifs is 2. The molecular weight excluding hydrogens is 452 g/mol. The van der Waals surface area contributed by atoms with Crippen LogP contribution in [0, 0.1) is 0 Å². The summed E-state index contributed by atoms with van der Waals surface area (Å²) in [6.45, 7) is 10.1. The van der Waals surface area contributed by atoms with Crippen molar-refractivity contribution in [1.29, 1.82) is 0 Å². The normalized spacial score (nSPS) is 16.5. The van der Waals surface area contributed by atoms with Gasteiger partial charge < -0.3 is 15.6 Å². The lowest BCUT2D eigenvalue weighted by molar-refractivity contribution is 0.160. The summed E-state index contributed by atoms with van der Waals surface area (Å²) in [7, 11) is 0. The molecule has 1 aliphatic rings. The zero-order valence-electron chi connectivity index (χ0n) is 19.3. The van der Waals surface area contributed by atoms with Gasteiger partial charge in [0.05, 0.1) is 16.2 Å². The van der Waals surface area contributed by atoms with Crippen molar-refractivity contribution in [3.8, 4) is 11.4 Å². The molecule has 1 atom stereocenters. The summed E-state index contributed by atoms with van der Waals surface area (Å²) in [6, 6.07) is 7.76. The minimum Gasteiger partial charge on any atom is -0.382 e. The lowest BCUT2D eigenvalue weighted by atomic mass is 9.94. The second-order valence-electron chi connectivity index (χ2n) is 8.47. The van der Waals surface area contributed by atoms with Gasteiger partial charge in [0.25, 0.3) is 0 Å². The highest BCUT2D eigenvalue weighted by Gasteiger charge is 2.32. The zero-order chi connectivity index (χ0) is 24.0. The Kier molecular flexibility index (Phi) is 5.65. The fourth-order valence-corrected chi connectivity index (χ4v) is 4.96. The first-order chi connectivity index (χ1) is 16.4. The van der Waals surface area contributed by atoms with Crippen LogP contribution in [0.5, 0.6) is 0 Å². The van der Waals surface area contributed by atoms with Crippen LogP contribution in [0.2, 0.25) is 5.02 Å². The molecule has 0 spiro atoms. The van der Waals surface area contributed by atoms with E-state index in [1.165, 1.54) is 6.33 Å². The molecule has 34 heavy (non-hydrogen) atoms. The first kappa shape index (κ1) is 22.2. The molecule has 0 bridgehead atoms. The Morgan fingerprint density at radius 3 is 2.85 bits per heavy atom. The number of anilines is 1. The highest BCUT2D eigenvalue weighted by Crippen LogP contribution is 2.37. The third kappa shape index (κ3) is 3.56. The molecule has 1 aromatic carbocycles. The molecule has 0 saturated carbocycles. The number of H-pyrrole nitrogens is 1. The number of nitrogens with zero attached hydrogens (tertiary/aromatic N) is 6. The van der Waals surface area contributed by atoms with Crippen LogP contribution in [0.25, 0.3) is 27.8 Å². The van der Waals surface area contributed by atoms with E-state index in [1.54, 1.807) is 9.42 Å². The first-order valence-corrected chi connectivity index (χ1v) is 11.8. The summed E-state index contributed by atoms with van der Waals surface area (Å²) >= 11 is 6.38. The van der Waals surface area contributed by atoms with Crippen LogP contribution in [0.15, 0.2) is 42.9 Å². The Morgan fingerprint density at radius 2 is 2.15 bits per heavy atom. The maximum Gasteiger partial charge on any atom is 0.324 e. The number of nitrogens with one attached hydrogen (secondary N) is 1. The molecule has 176 valence electrons. The summed E-state index contributed by atoms with van der Waals surface area (Å²) in [5.74, 6) is 1.16. The van der Waals surface area contributed by atoms with Gasteiger partial charge in [-0.15, -0.1) is 0 Å². The number of likely N-dealkylation sites (tertiary alicyclic amines) is 1. The van der Waals surface area contributed by atoms with Gasteiger partial charge >= 0.3 is 6.03 Å². The average Bonchev–Trinajstić information content (AvgIpc) is 3.43. The van der Waals surface area contributed by atoms with Gasteiger partial charge in [0.15, 0.2) is 5.82 Å². The Bertz CT molecular complexity index is 1400. The first-order valence-electron chi connectivity index (χ1n) is 11.4. The van der Waals surface area contributed by atoms with E-state index in [0.29, 0.717) is 48.1 Å². The van der Waals surface area contributed by atoms with Gasteiger partial charge in [0.1, 0.15) is 23.4 Å². The second kappa shape index (κ2) is 8.64. The topological polar surface area (TPSA) is 108 Å². The Labute approximate surface area is 202 Å². The number of nitrogen functional groups attached to an aromatic ring is 1. The molecule has 1 fully saturated rings. The van der Waals surface area contributed by atoms with Crippen LogP contribution in [0.1, 0.15) is 38.4 Å². The number of imidazole rings is 1. The Hall–Kier alpha value is -3.59. The molecule has 10 heteroatoms. The number of piperidine rings is 1. The van der Waals surface area contributed by atoms with Crippen molar-refractivity contribution in [1.82, 2.24) is 34.4 Å². The third-order valence-corrected chi connectivity index (χ3v) is 6.86. The lowest BCUT2D eigenvalue weighted by Crippen LogP contribution is -2.45. The zero-order valence-corrected chi connectivity index (χ0v) is 20.0. The number of aromatic amines is 1. The van der Waals surface area contributed by atoms with Crippen molar-refractivity contribution in [3.05, 3.63) is 53.7 Å². The minimum atomic E-state index is 0.00337. The third-order valence-electron chi connectivity index (χ3n) is 6.54. The number of hydrogen-bond donors (Lipinski definition) is 2. The number of nitrogens with two attached hydrogens (primary N) is 1. The molecule has 2 amide bonds. The molecule has 3 aromatic heterocycles. The molecule has 0 aliphatic carbocycles. The van der Waals surface area contributed by atoms with E-state index in [-0.39, 0.29) is 11.9 Å². The van der Waals surface area contributed by atoms with Gasteiger partial charge in [-0.25, -0.2) is 19.3 Å². The number of allylic oxidation sites excluding steroid dienone is 1. The van der Waals surface area contributed by atoms with E-state index in [9.17, 15) is 4.79 Å². The smallest absolute Gasteiger partial charge is 0.324 e. The number of rotatable bonds is 4. The number of carbonyl (C=O) groups is 1. The largest absolute Gasteiger partial charge is 0.382 e. The lowest BCUT2D eigenvalue weighted by Gasteiger charge is -2.36. The van der Waals surface area contributed by atoms with Crippen LogP contribution in [0.4, 0.5) is 10.6 Å². The molecule has 9 nitrogen and oxygen atoms in total. The number of hydrogen-bond acceptors (Lipinski definition) is 5. The summed E-state index contributed by atoms with van der Waals surface area (Å²) < 4.78 is 1.77. The highest BCUT2D eigenvalue weighted by atomic mass is 35.5. The molecule has 3 N–H and O–H groups in total. The van der Waals surface area contributed by atoms with E-state index < -0.39 is 0 Å². The predicted octanol–water partition coefficient (Wildman–Crippen LogP) is 4.66. The van der Waals surface area contributed by atoms with Crippen LogP contribution in [-0.4, -0.2) is 60.0 Å². The molecule has 1 unspecified atom stereocenters. The van der Waals surface area contributed by atoms with Gasteiger partial charge in [-0.3, -0.25) is 4.90 Å². The summed E-state index contributed by atoms with van der Waals surface area (Å²) in [6.07, 6.45) is 2.79. The summed E-state index contributed by atoms with van der Waals surface area (Å²) in [5, 5.41) is 6.09. The number of halogens is 1. The standard InChI is InChI=1S/C24H27ClN8O/c1-4-31(5-2)24(34)32-10-9-16(11-14(32)3)23-30-20(21-22(26)27-13-28-33(21)23)18-12-15-7-6-8-17(25)19(15)29-18/h6-8,12-13,16,29H,3-5,9-11H2,1-2H3,(H2,26,27,28). The average molecular weight is 479 g/mol. The van der Waals surface area contributed by atoms with Crippen molar-refractivity contribution in [2.45, 2.75) is 32.6 Å². The molecule has 0 radical (unpaired) electrons. The fraction of sp³-hybridized carbons (Fsp3) is 0.333. The predicted molar refractivity (Wildman–Crippen MR) is 134 cm³/mol. The van der Waals surface area contributed by atoms with Crippen molar-refractivity contribution in [2.24, 2.45) is 0 Å². The van der Waals surface area contributed by atoms with E-state index in [0.717, 1.165) is 34.5 Å². The van der Waals surface area contributed by atoms with Crippen LogP contribution < -0.4 is 5.73 Å². The van der Waals surface area contributed by atoms with E-state index >= 15 is 0 Å². The van der Waals surface area contributed by atoms with Crippen LogP contribution in [0.3, 0.4) is 0 Å².